The molecule has 1 atom stereocenters. The Bertz CT molecular complexity index is 1280. The molecule has 160 valence electrons. The standard InChI is InChI=1S/C24H19ClN4O2S/c25-19-9-4-10-20-22(19)27-24(32-20)29(14-16-6-5-11-26-13-16)23(31)17-12-21(30)28(15-17)18-7-2-1-3-8-18/h1-11,13,17H,12,14-15H2. The number of rotatable bonds is 5. The van der Waals surface area contributed by atoms with Gasteiger partial charge in [-0.2, -0.15) is 0 Å². The van der Waals surface area contributed by atoms with E-state index in [9.17, 15) is 9.59 Å². The molecule has 1 aliphatic heterocycles. The second-order valence-electron chi connectivity index (χ2n) is 7.61. The van der Waals surface area contributed by atoms with Gasteiger partial charge in [-0.15, -0.1) is 0 Å². The number of benzene rings is 2. The first-order chi connectivity index (χ1) is 15.6. The number of halogens is 1. The molecule has 3 heterocycles. The molecule has 5 rings (SSSR count). The molecule has 6 nitrogen and oxygen atoms in total. The summed E-state index contributed by atoms with van der Waals surface area (Å²) in [6.45, 7) is 0.664. The SMILES string of the molecule is O=C1CC(C(=O)N(Cc2cccnc2)c2nc3c(Cl)cccc3s2)CN1c1ccccc1. The topological polar surface area (TPSA) is 66.4 Å². The van der Waals surface area contributed by atoms with Crippen LogP contribution < -0.4 is 9.80 Å². The molecule has 0 aliphatic carbocycles. The maximum absolute atomic E-state index is 13.7. The highest BCUT2D eigenvalue weighted by molar-refractivity contribution is 7.22. The first kappa shape index (κ1) is 20.6. The second kappa shape index (κ2) is 8.68. The number of amides is 2. The van der Waals surface area contributed by atoms with Crippen LogP contribution in [0.3, 0.4) is 0 Å². The van der Waals surface area contributed by atoms with E-state index in [1.54, 1.807) is 28.3 Å². The minimum absolute atomic E-state index is 0.0526. The summed E-state index contributed by atoms with van der Waals surface area (Å²) < 4.78 is 0.907. The van der Waals surface area contributed by atoms with Crippen LogP contribution in [0.5, 0.6) is 0 Å². The number of anilines is 2. The van der Waals surface area contributed by atoms with Gasteiger partial charge in [-0.3, -0.25) is 19.5 Å². The van der Waals surface area contributed by atoms with Crippen LogP contribution in [-0.2, 0) is 16.1 Å². The predicted octanol–water partition coefficient (Wildman–Crippen LogP) is 4.93. The van der Waals surface area contributed by atoms with Crippen molar-refractivity contribution in [1.82, 2.24) is 9.97 Å². The van der Waals surface area contributed by atoms with E-state index in [4.69, 9.17) is 11.6 Å². The first-order valence-corrected chi connectivity index (χ1v) is 11.4. The van der Waals surface area contributed by atoms with Crippen LogP contribution in [0, 0.1) is 5.92 Å². The second-order valence-corrected chi connectivity index (χ2v) is 9.03. The molecule has 1 saturated heterocycles. The van der Waals surface area contributed by atoms with Crippen molar-refractivity contribution in [3.8, 4) is 0 Å². The molecule has 0 saturated carbocycles. The Morgan fingerprint density at radius 1 is 1.12 bits per heavy atom. The van der Waals surface area contributed by atoms with Crippen molar-refractivity contribution in [3.63, 3.8) is 0 Å². The van der Waals surface area contributed by atoms with Gasteiger partial charge in [0.1, 0.15) is 5.52 Å². The largest absolute Gasteiger partial charge is 0.312 e. The number of para-hydroxylation sites is 2. The van der Waals surface area contributed by atoms with E-state index in [1.807, 2.05) is 54.6 Å². The van der Waals surface area contributed by atoms with E-state index in [0.29, 0.717) is 28.8 Å². The number of thiazole rings is 1. The van der Waals surface area contributed by atoms with Crippen molar-refractivity contribution in [2.45, 2.75) is 13.0 Å². The maximum atomic E-state index is 13.7. The van der Waals surface area contributed by atoms with Gasteiger partial charge in [0.15, 0.2) is 5.13 Å². The summed E-state index contributed by atoms with van der Waals surface area (Å²) >= 11 is 7.74. The number of nitrogens with zero attached hydrogens (tertiary/aromatic N) is 4. The summed E-state index contributed by atoms with van der Waals surface area (Å²) in [5.41, 5.74) is 2.36. The highest BCUT2D eigenvalue weighted by Gasteiger charge is 2.38. The minimum Gasteiger partial charge on any atom is -0.312 e. The van der Waals surface area contributed by atoms with E-state index >= 15 is 0 Å². The van der Waals surface area contributed by atoms with Crippen LogP contribution in [0.25, 0.3) is 10.2 Å². The Kier molecular flexibility index (Phi) is 5.59. The number of aromatic nitrogens is 2. The lowest BCUT2D eigenvalue weighted by Crippen LogP contribution is -2.37. The van der Waals surface area contributed by atoms with Crippen LogP contribution in [0.4, 0.5) is 10.8 Å². The van der Waals surface area contributed by atoms with Gasteiger partial charge in [0.2, 0.25) is 11.8 Å². The summed E-state index contributed by atoms with van der Waals surface area (Å²) in [4.78, 5) is 38.6. The molecule has 1 aliphatic rings. The average Bonchev–Trinajstić information content (AvgIpc) is 3.43. The number of hydrogen-bond donors (Lipinski definition) is 0. The van der Waals surface area contributed by atoms with Crippen molar-refractivity contribution in [3.05, 3.63) is 83.6 Å². The molecule has 4 aromatic rings. The Labute approximate surface area is 194 Å². The zero-order valence-electron chi connectivity index (χ0n) is 17.0. The Morgan fingerprint density at radius 2 is 1.97 bits per heavy atom. The molecule has 0 radical (unpaired) electrons. The lowest BCUT2D eigenvalue weighted by Gasteiger charge is -2.23. The molecular formula is C24H19ClN4O2S. The minimum atomic E-state index is -0.457. The Balaban J connectivity index is 1.48. The van der Waals surface area contributed by atoms with Gasteiger partial charge < -0.3 is 4.90 Å². The van der Waals surface area contributed by atoms with Gasteiger partial charge in [-0.25, -0.2) is 4.98 Å². The molecule has 2 aromatic carbocycles. The monoisotopic (exact) mass is 462 g/mol. The summed E-state index contributed by atoms with van der Waals surface area (Å²) in [6, 6.07) is 18.8. The maximum Gasteiger partial charge on any atom is 0.234 e. The Morgan fingerprint density at radius 3 is 2.72 bits per heavy atom. The molecule has 0 N–H and O–H groups in total. The number of pyridine rings is 1. The predicted molar refractivity (Wildman–Crippen MR) is 127 cm³/mol. The lowest BCUT2D eigenvalue weighted by atomic mass is 10.1. The van der Waals surface area contributed by atoms with Crippen LogP contribution in [-0.4, -0.2) is 28.3 Å². The van der Waals surface area contributed by atoms with Crippen molar-refractivity contribution < 1.29 is 9.59 Å². The average molecular weight is 463 g/mol. The van der Waals surface area contributed by atoms with Crippen molar-refractivity contribution >= 4 is 55.8 Å². The molecule has 0 spiro atoms. The fourth-order valence-electron chi connectivity index (χ4n) is 3.88. The lowest BCUT2D eigenvalue weighted by molar-refractivity contribution is -0.124. The third kappa shape index (κ3) is 3.97. The smallest absolute Gasteiger partial charge is 0.234 e. The molecule has 2 aromatic heterocycles. The van der Waals surface area contributed by atoms with Gasteiger partial charge >= 0.3 is 0 Å². The molecule has 2 amide bonds. The molecule has 0 bridgehead atoms. The van der Waals surface area contributed by atoms with E-state index in [-0.39, 0.29) is 18.2 Å². The normalized spacial score (nSPS) is 16.0. The van der Waals surface area contributed by atoms with E-state index in [1.165, 1.54) is 11.3 Å². The summed E-state index contributed by atoms with van der Waals surface area (Å²) in [5, 5.41) is 1.11. The highest BCUT2D eigenvalue weighted by atomic mass is 35.5. The number of fused-ring (bicyclic) bond motifs is 1. The van der Waals surface area contributed by atoms with E-state index in [2.05, 4.69) is 9.97 Å². The summed E-state index contributed by atoms with van der Waals surface area (Å²) in [6.07, 6.45) is 3.60. The van der Waals surface area contributed by atoms with Crippen LogP contribution in [0.2, 0.25) is 5.02 Å². The van der Waals surface area contributed by atoms with Crippen molar-refractivity contribution in [2.75, 3.05) is 16.3 Å². The van der Waals surface area contributed by atoms with Crippen LogP contribution in [0.15, 0.2) is 73.1 Å². The van der Waals surface area contributed by atoms with Gasteiger partial charge in [-0.1, -0.05) is 53.3 Å². The van der Waals surface area contributed by atoms with Crippen LogP contribution in [0.1, 0.15) is 12.0 Å². The van der Waals surface area contributed by atoms with Gasteiger partial charge in [0.05, 0.1) is 22.2 Å². The first-order valence-electron chi connectivity index (χ1n) is 10.2. The van der Waals surface area contributed by atoms with E-state index in [0.717, 1.165) is 16.0 Å². The van der Waals surface area contributed by atoms with E-state index < -0.39 is 5.92 Å². The third-order valence-corrected chi connectivity index (χ3v) is 6.81. The third-order valence-electron chi connectivity index (χ3n) is 5.46. The molecular weight excluding hydrogens is 444 g/mol. The molecule has 1 fully saturated rings. The quantitative estimate of drug-likeness (QED) is 0.421. The van der Waals surface area contributed by atoms with Gasteiger partial charge in [0.25, 0.3) is 0 Å². The fourth-order valence-corrected chi connectivity index (χ4v) is 5.15. The zero-order chi connectivity index (χ0) is 22.1. The number of hydrogen-bond acceptors (Lipinski definition) is 5. The molecule has 32 heavy (non-hydrogen) atoms. The Hall–Kier alpha value is -3.29. The number of carbonyl (C=O) groups is 2. The number of carbonyl (C=O) groups excluding carboxylic acids is 2. The van der Waals surface area contributed by atoms with Crippen molar-refractivity contribution in [1.29, 1.82) is 0 Å². The van der Waals surface area contributed by atoms with Crippen molar-refractivity contribution in [2.24, 2.45) is 5.92 Å². The molecule has 1 unspecified atom stereocenters. The molecule has 8 heteroatoms. The highest BCUT2D eigenvalue weighted by Crippen LogP contribution is 2.35. The summed E-state index contributed by atoms with van der Waals surface area (Å²) in [5.74, 6) is -0.638. The fraction of sp³-hybridized carbons (Fsp3) is 0.167. The van der Waals surface area contributed by atoms with Gasteiger partial charge in [0, 0.05) is 31.0 Å². The zero-order valence-corrected chi connectivity index (χ0v) is 18.6. The van der Waals surface area contributed by atoms with Gasteiger partial charge in [-0.05, 0) is 35.9 Å². The summed E-state index contributed by atoms with van der Waals surface area (Å²) in [7, 11) is 0. The van der Waals surface area contributed by atoms with Crippen LogP contribution >= 0.6 is 22.9 Å².